The van der Waals surface area contributed by atoms with E-state index in [-0.39, 0.29) is 19.6 Å². The molecule has 0 saturated heterocycles. The van der Waals surface area contributed by atoms with Crippen LogP contribution < -0.4 is 5.32 Å². The third kappa shape index (κ3) is 7.66. The van der Waals surface area contributed by atoms with Gasteiger partial charge in [-0.1, -0.05) is 6.92 Å². The zero-order chi connectivity index (χ0) is 15.1. The average Bonchev–Trinajstić information content (AvgIpc) is 2.30. The van der Waals surface area contributed by atoms with Crippen molar-refractivity contribution in [1.82, 2.24) is 5.32 Å². The van der Waals surface area contributed by atoms with Crippen molar-refractivity contribution in [1.29, 1.82) is 0 Å². The highest BCUT2D eigenvalue weighted by atomic mass is 19.4. The van der Waals surface area contributed by atoms with Crippen LogP contribution in [0, 0.1) is 5.41 Å². The molecule has 2 N–H and O–H groups in total. The first-order valence-electron chi connectivity index (χ1n) is 5.75. The topological polar surface area (TPSA) is 75.6 Å². The molecule has 0 spiro atoms. The molecular formula is C11H18F3NO4. The molecule has 0 radical (unpaired) electrons. The van der Waals surface area contributed by atoms with Crippen molar-refractivity contribution in [2.75, 3.05) is 19.8 Å². The van der Waals surface area contributed by atoms with Crippen LogP contribution in [0.25, 0.3) is 0 Å². The second-order valence-electron chi connectivity index (χ2n) is 4.41. The maximum Gasteiger partial charge on any atom is 0.411 e. The number of hydrogen-bond donors (Lipinski definition) is 2. The van der Waals surface area contributed by atoms with E-state index in [9.17, 15) is 22.8 Å². The highest BCUT2D eigenvalue weighted by Gasteiger charge is 2.31. The summed E-state index contributed by atoms with van der Waals surface area (Å²) in [4.78, 5) is 22.2. The Balaban J connectivity index is 3.91. The first-order valence-corrected chi connectivity index (χ1v) is 5.75. The molecule has 0 aromatic rings. The van der Waals surface area contributed by atoms with Crippen LogP contribution in [0.5, 0.6) is 0 Å². The average molecular weight is 285 g/mol. The number of rotatable bonds is 8. The van der Waals surface area contributed by atoms with E-state index < -0.39 is 30.1 Å². The van der Waals surface area contributed by atoms with Crippen molar-refractivity contribution in [2.24, 2.45) is 5.41 Å². The van der Waals surface area contributed by atoms with E-state index in [0.717, 1.165) is 0 Å². The van der Waals surface area contributed by atoms with Gasteiger partial charge >= 0.3 is 12.1 Å². The second kappa shape index (κ2) is 7.32. The maximum absolute atomic E-state index is 11.7. The minimum atomic E-state index is -4.42. The molecule has 0 rings (SSSR count). The Kier molecular flexibility index (Phi) is 6.82. The molecule has 19 heavy (non-hydrogen) atoms. The van der Waals surface area contributed by atoms with E-state index in [1.165, 1.54) is 6.92 Å². The summed E-state index contributed by atoms with van der Waals surface area (Å²) in [6, 6.07) is 0. The van der Waals surface area contributed by atoms with Crippen LogP contribution in [0.2, 0.25) is 0 Å². The normalized spacial score (nSPS) is 14.8. The Hall–Kier alpha value is -1.31. The third-order valence-corrected chi connectivity index (χ3v) is 2.71. The van der Waals surface area contributed by atoms with Crippen LogP contribution >= 0.6 is 0 Å². The van der Waals surface area contributed by atoms with E-state index in [4.69, 9.17) is 5.11 Å². The molecule has 0 aliphatic rings. The largest absolute Gasteiger partial charge is 0.481 e. The summed E-state index contributed by atoms with van der Waals surface area (Å²) in [6.45, 7) is 1.32. The lowest BCUT2D eigenvalue weighted by atomic mass is 9.88. The summed E-state index contributed by atoms with van der Waals surface area (Å²) in [7, 11) is 0. The minimum absolute atomic E-state index is 0.0725. The van der Waals surface area contributed by atoms with Gasteiger partial charge in [-0.15, -0.1) is 0 Å². The predicted molar refractivity (Wildman–Crippen MR) is 60.5 cm³/mol. The number of carboxylic acid groups (broad SMARTS) is 1. The monoisotopic (exact) mass is 285 g/mol. The fraction of sp³-hybridized carbons (Fsp3) is 0.818. The minimum Gasteiger partial charge on any atom is -0.481 e. The van der Waals surface area contributed by atoms with E-state index >= 15 is 0 Å². The molecule has 0 fully saturated rings. The molecule has 0 aliphatic carbocycles. The molecule has 112 valence electrons. The smallest absolute Gasteiger partial charge is 0.411 e. The number of aliphatic carboxylic acids is 1. The van der Waals surface area contributed by atoms with Crippen LogP contribution in [0.1, 0.15) is 26.7 Å². The van der Waals surface area contributed by atoms with Gasteiger partial charge in [0.15, 0.2) is 0 Å². The van der Waals surface area contributed by atoms with E-state index in [2.05, 4.69) is 10.1 Å². The number of carboxylic acids is 1. The zero-order valence-electron chi connectivity index (χ0n) is 10.8. The van der Waals surface area contributed by atoms with E-state index in [1.54, 1.807) is 6.92 Å². The Morgan fingerprint density at radius 1 is 1.32 bits per heavy atom. The molecule has 0 aliphatic heterocycles. The van der Waals surface area contributed by atoms with Gasteiger partial charge in [0.2, 0.25) is 5.91 Å². The van der Waals surface area contributed by atoms with Gasteiger partial charge in [-0.05, 0) is 13.3 Å². The maximum atomic E-state index is 11.7. The van der Waals surface area contributed by atoms with Crippen LogP contribution in [0.15, 0.2) is 0 Å². The SMILES string of the molecule is CCC(C)(CNC(=O)CCOCC(F)(F)F)C(=O)O. The molecule has 0 heterocycles. The molecule has 1 unspecified atom stereocenters. The van der Waals surface area contributed by atoms with E-state index in [1.807, 2.05) is 0 Å². The van der Waals surface area contributed by atoms with Crippen molar-refractivity contribution >= 4 is 11.9 Å². The van der Waals surface area contributed by atoms with Crippen molar-refractivity contribution in [3.8, 4) is 0 Å². The molecule has 1 atom stereocenters. The summed E-state index contributed by atoms with van der Waals surface area (Å²) in [5.41, 5.74) is -1.08. The summed E-state index contributed by atoms with van der Waals surface area (Å²) in [5, 5.41) is 11.3. The van der Waals surface area contributed by atoms with Crippen molar-refractivity contribution in [3.05, 3.63) is 0 Å². The number of carbonyl (C=O) groups is 2. The fourth-order valence-electron chi connectivity index (χ4n) is 1.09. The molecule has 5 nitrogen and oxygen atoms in total. The first kappa shape index (κ1) is 17.7. The summed E-state index contributed by atoms with van der Waals surface area (Å²) in [6.07, 6.45) is -4.33. The lowest BCUT2D eigenvalue weighted by molar-refractivity contribution is -0.174. The molecule has 0 saturated carbocycles. The van der Waals surface area contributed by atoms with Gasteiger partial charge in [0, 0.05) is 13.0 Å². The molecular weight excluding hydrogens is 267 g/mol. The Morgan fingerprint density at radius 2 is 1.89 bits per heavy atom. The highest BCUT2D eigenvalue weighted by Crippen LogP contribution is 2.19. The van der Waals surface area contributed by atoms with Crippen LogP contribution in [-0.4, -0.2) is 42.9 Å². The zero-order valence-corrected chi connectivity index (χ0v) is 10.8. The van der Waals surface area contributed by atoms with Gasteiger partial charge in [-0.3, -0.25) is 9.59 Å². The third-order valence-electron chi connectivity index (χ3n) is 2.71. The van der Waals surface area contributed by atoms with Crippen molar-refractivity contribution in [2.45, 2.75) is 32.9 Å². The predicted octanol–water partition coefficient (Wildman–Crippen LogP) is 1.57. The number of nitrogens with one attached hydrogen (secondary N) is 1. The van der Waals surface area contributed by atoms with Gasteiger partial charge in [0.1, 0.15) is 6.61 Å². The van der Waals surface area contributed by atoms with Gasteiger partial charge in [0.25, 0.3) is 0 Å². The lowest BCUT2D eigenvalue weighted by Crippen LogP contribution is -2.40. The van der Waals surface area contributed by atoms with E-state index in [0.29, 0.717) is 6.42 Å². The quantitative estimate of drug-likeness (QED) is 0.664. The van der Waals surface area contributed by atoms with Gasteiger partial charge in [-0.2, -0.15) is 13.2 Å². The molecule has 0 bridgehead atoms. The molecule has 1 amide bonds. The highest BCUT2D eigenvalue weighted by molar-refractivity contribution is 5.78. The number of hydrogen-bond acceptors (Lipinski definition) is 3. The van der Waals surface area contributed by atoms with Gasteiger partial charge in [-0.25, -0.2) is 0 Å². The number of amides is 1. The van der Waals surface area contributed by atoms with Gasteiger partial charge in [0.05, 0.1) is 12.0 Å². The Labute approximate surface area is 109 Å². The molecule has 0 aromatic carbocycles. The summed E-state index contributed by atoms with van der Waals surface area (Å²) < 4.78 is 39.5. The van der Waals surface area contributed by atoms with Crippen LogP contribution in [0.4, 0.5) is 13.2 Å². The fourth-order valence-corrected chi connectivity index (χ4v) is 1.09. The Morgan fingerprint density at radius 3 is 2.32 bits per heavy atom. The van der Waals surface area contributed by atoms with Crippen molar-refractivity contribution < 1.29 is 32.6 Å². The molecule has 8 heteroatoms. The summed E-state index contributed by atoms with van der Waals surface area (Å²) in [5.74, 6) is -1.58. The standard InChI is InChI=1S/C11H18F3NO4/c1-3-10(2,9(17)18)6-15-8(16)4-5-19-7-11(12,13)14/h3-7H2,1-2H3,(H,15,16)(H,17,18). The number of ether oxygens (including phenoxy) is 1. The van der Waals surface area contributed by atoms with Crippen LogP contribution in [-0.2, 0) is 14.3 Å². The first-order chi connectivity index (χ1) is 8.60. The lowest BCUT2D eigenvalue weighted by Gasteiger charge is -2.23. The van der Waals surface area contributed by atoms with Crippen LogP contribution in [0.3, 0.4) is 0 Å². The molecule has 0 aromatic heterocycles. The summed E-state index contributed by atoms with van der Waals surface area (Å²) >= 11 is 0. The number of carbonyl (C=O) groups excluding carboxylic acids is 1. The number of halogens is 3. The Bertz CT molecular complexity index is 320. The second-order valence-corrected chi connectivity index (χ2v) is 4.41. The van der Waals surface area contributed by atoms with Gasteiger partial charge < -0.3 is 15.2 Å². The van der Waals surface area contributed by atoms with Crippen molar-refractivity contribution in [3.63, 3.8) is 0 Å². The number of alkyl halides is 3.